The first-order chi connectivity index (χ1) is 27.8. The molecule has 0 nitrogen and oxygen atoms in total. The van der Waals surface area contributed by atoms with E-state index in [1.54, 1.807) is 0 Å². The van der Waals surface area contributed by atoms with Crippen molar-refractivity contribution in [3.8, 4) is 55.6 Å². The number of rotatable bonds is 5. The monoisotopic (exact) mass is 708 g/mol. The number of hydrogen-bond donors (Lipinski definition) is 0. The standard InChI is InChI=1S/C56H36/c1-2-17-40(18-3-1)54-48-25-8-10-27-50(48)55(51-28-11-9-26-49(51)54)43-32-31-39-33-34-52(47-30-14-20-38-16-5-7-24-45(38)47)56(53(39)36-43)42-22-12-21-41(35-42)46-29-13-19-37-15-4-6-23-44(37)46/h1-36H. The molecule has 0 unspecified atom stereocenters. The van der Waals surface area contributed by atoms with Gasteiger partial charge in [0.1, 0.15) is 0 Å². The van der Waals surface area contributed by atoms with E-state index in [9.17, 15) is 0 Å². The maximum absolute atomic E-state index is 2.46. The molecule has 0 heterocycles. The third-order valence-electron chi connectivity index (χ3n) is 11.6. The molecule has 0 saturated carbocycles. The minimum absolute atomic E-state index is 1.20. The topological polar surface area (TPSA) is 0 Å². The maximum Gasteiger partial charge on any atom is -0.00261 e. The Hall–Kier alpha value is -7.28. The van der Waals surface area contributed by atoms with Crippen LogP contribution in [0.2, 0.25) is 0 Å². The maximum atomic E-state index is 2.46. The zero-order valence-electron chi connectivity index (χ0n) is 30.8. The zero-order valence-corrected chi connectivity index (χ0v) is 30.8. The van der Waals surface area contributed by atoms with Gasteiger partial charge < -0.3 is 0 Å². The lowest BCUT2D eigenvalue weighted by molar-refractivity contribution is 1.61. The van der Waals surface area contributed by atoms with Gasteiger partial charge in [0.2, 0.25) is 0 Å². The van der Waals surface area contributed by atoms with Gasteiger partial charge in [0.25, 0.3) is 0 Å². The molecule has 0 radical (unpaired) electrons. The summed E-state index contributed by atoms with van der Waals surface area (Å²) < 4.78 is 0. The Morgan fingerprint density at radius 2 is 0.607 bits per heavy atom. The lowest BCUT2D eigenvalue weighted by Crippen LogP contribution is -1.93. The predicted molar refractivity (Wildman–Crippen MR) is 241 cm³/mol. The molecule has 11 rings (SSSR count). The minimum Gasteiger partial charge on any atom is -0.0622 e. The third kappa shape index (κ3) is 5.22. The Balaban J connectivity index is 1.22. The molecule has 0 saturated heterocycles. The Morgan fingerprint density at radius 3 is 1.27 bits per heavy atom. The van der Waals surface area contributed by atoms with Gasteiger partial charge in [-0.15, -0.1) is 0 Å². The van der Waals surface area contributed by atoms with E-state index < -0.39 is 0 Å². The van der Waals surface area contributed by atoms with Crippen LogP contribution in [-0.4, -0.2) is 0 Å². The molecule has 11 aromatic carbocycles. The van der Waals surface area contributed by atoms with Gasteiger partial charge in [-0.3, -0.25) is 0 Å². The Bertz CT molecular complexity index is 3230. The van der Waals surface area contributed by atoms with Gasteiger partial charge in [-0.2, -0.15) is 0 Å². The van der Waals surface area contributed by atoms with E-state index in [2.05, 4.69) is 218 Å². The van der Waals surface area contributed by atoms with Crippen LogP contribution in [0.3, 0.4) is 0 Å². The molecule has 0 spiro atoms. The van der Waals surface area contributed by atoms with Crippen LogP contribution in [0.1, 0.15) is 0 Å². The van der Waals surface area contributed by atoms with Gasteiger partial charge in [-0.1, -0.05) is 206 Å². The number of hydrogen-bond acceptors (Lipinski definition) is 0. The van der Waals surface area contributed by atoms with Crippen molar-refractivity contribution < 1.29 is 0 Å². The van der Waals surface area contributed by atoms with E-state index in [0.717, 1.165) is 0 Å². The molecule has 0 aliphatic carbocycles. The Labute approximate surface area is 326 Å². The highest BCUT2D eigenvalue weighted by Gasteiger charge is 2.19. The lowest BCUT2D eigenvalue weighted by atomic mass is 9.83. The van der Waals surface area contributed by atoms with Gasteiger partial charge in [0.15, 0.2) is 0 Å². The summed E-state index contributed by atoms with van der Waals surface area (Å²) in [6, 6.07) is 80.4. The summed E-state index contributed by atoms with van der Waals surface area (Å²) in [6.45, 7) is 0. The molecule has 0 aliphatic rings. The molecule has 0 bridgehead atoms. The van der Waals surface area contributed by atoms with Gasteiger partial charge in [0.05, 0.1) is 0 Å². The minimum atomic E-state index is 1.20. The van der Waals surface area contributed by atoms with Crippen LogP contribution in [-0.2, 0) is 0 Å². The van der Waals surface area contributed by atoms with E-state index >= 15 is 0 Å². The molecule has 0 amide bonds. The Morgan fingerprint density at radius 1 is 0.179 bits per heavy atom. The van der Waals surface area contributed by atoms with Crippen molar-refractivity contribution in [2.24, 2.45) is 0 Å². The van der Waals surface area contributed by atoms with Gasteiger partial charge >= 0.3 is 0 Å². The Kier molecular flexibility index (Phi) is 7.60. The highest BCUT2D eigenvalue weighted by atomic mass is 14.2. The molecule has 11 aromatic rings. The summed E-state index contributed by atoms with van der Waals surface area (Å²) in [4.78, 5) is 0. The van der Waals surface area contributed by atoms with Crippen LogP contribution in [0, 0.1) is 0 Å². The molecule has 0 N–H and O–H groups in total. The molecule has 0 atom stereocenters. The smallest absolute Gasteiger partial charge is 0.00261 e. The molecular weight excluding hydrogens is 673 g/mol. The molecule has 0 heteroatoms. The predicted octanol–water partition coefficient (Wildman–Crippen LogP) is 15.8. The number of fused-ring (bicyclic) bond motifs is 5. The number of benzene rings is 11. The van der Waals surface area contributed by atoms with Crippen LogP contribution >= 0.6 is 0 Å². The van der Waals surface area contributed by atoms with Crippen molar-refractivity contribution in [1.82, 2.24) is 0 Å². The SMILES string of the molecule is c1ccc(-c2c3ccccc3c(-c3ccc4ccc(-c5cccc6ccccc56)c(-c5cccc(-c6cccc7ccccc67)c5)c4c3)c3ccccc23)cc1. The normalized spacial score (nSPS) is 11.6. The summed E-state index contributed by atoms with van der Waals surface area (Å²) in [6.07, 6.45) is 0. The van der Waals surface area contributed by atoms with Crippen molar-refractivity contribution in [3.63, 3.8) is 0 Å². The summed E-state index contributed by atoms with van der Waals surface area (Å²) in [5, 5.41) is 12.5. The van der Waals surface area contributed by atoms with E-state index in [-0.39, 0.29) is 0 Å². The first-order valence-electron chi connectivity index (χ1n) is 19.4. The second kappa shape index (κ2) is 13.2. The van der Waals surface area contributed by atoms with Gasteiger partial charge in [-0.05, 0) is 122 Å². The van der Waals surface area contributed by atoms with Crippen molar-refractivity contribution in [3.05, 3.63) is 218 Å². The summed E-state index contributed by atoms with van der Waals surface area (Å²) in [7, 11) is 0. The van der Waals surface area contributed by atoms with Crippen LogP contribution in [0.5, 0.6) is 0 Å². The zero-order chi connectivity index (χ0) is 37.0. The molecule has 0 fully saturated rings. The van der Waals surface area contributed by atoms with Crippen LogP contribution < -0.4 is 0 Å². The quantitative estimate of drug-likeness (QED) is 0.156. The first kappa shape index (κ1) is 32.2. The average Bonchev–Trinajstić information content (AvgIpc) is 3.27. The fraction of sp³-hybridized carbons (Fsp3) is 0. The molecule has 0 aromatic heterocycles. The fourth-order valence-electron chi connectivity index (χ4n) is 9.15. The van der Waals surface area contributed by atoms with E-state index in [0.29, 0.717) is 0 Å². The molecule has 0 aliphatic heterocycles. The van der Waals surface area contributed by atoms with Crippen molar-refractivity contribution in [1.29, 1.82) is 0 Å². The summed E-state index contributed by atoms with van der Waals surface area (Å²) >= 11 is 0. The summed E-state index contributed by atoms with van der Waals surface area (Å²) in [5.74, 6) is 0. The van der Waals surface area contributed by atoms with Crippen LogP contribution in [0.25, 0.3) is 109 Å². The van der Waals surface area contributed by atoms with E-state index in [1.807, 2.05) is 0 Å². The van der Waals surface area contributed by atoms with Crippen molar-refractivity contribution in [2.45, 2.75) is 0 Å². The van der Waals surface area contributed by atoms with E-state index in [1.165, 1.54) is 109 Å². The largest absolute Gasteiger partial charge is 0.0622 e. The van der Waals surface area contributed by atoms with Crippen LogP contribution in [0.15, 0.2) is 218 Å². The van der Waals surface area contributed by atoms with E-state index in [4.69, 9.17) is 0 Å². The molecule has 260 valence electrons. The van der Waals surface area contributed by atoms with Crippen molar-refractivity contribution in [2.75, 3.05) is 0 Å². The average molecular weight is 709 g/mol. The van der Waals surface area contributed by atoms with Crippen LogP contribution in [0.4, 0.5) is 0 Å². The second-order valence-electron chi connectivity index (χ2n) is 14.8. The highest BCUT2D eigenvalue weighted by Crippen LogP contribution is 2.47. The van der Waals surface area contributed by atoms with Gasteiger partial charge in [0, 0.05) is 0 Å². The lowest BCUT2D eigenvalue weighted by Gasteiger charge is -2.20. The first-order valence-corrected chi connectivity index (χ1v) is 19.4. The molecular formula is C56H36. The third-order valence-corrected chi connectivity index (χ3v) is 11.6. The van der Waals surface area contributed by atoms with Gasteiger partial charge in [-0.25, -0.2) is 0 Å². The fourth-order valence-corrected chi connectivity index (χ4v) is 9.15. The second-order valence-corrected chi connectivity index (χ2v) is 14.8. The highest BCUT2D eigenvalue weighted by molar-refractivity contribution is 6.22. The molecule has 56 heavy (non-hydrogen) atoms. The summed E-state index contributed by atoms with van der Waals surface area (Å²) in [5.41, 5.74) is 12.4. The van der Waals surface area contributed by atoms with Crippen molar-refractivity contribution >= 4 is 53.9 Å².